The summed E-state index contributed by atoms with van der Waals surface area (Å²) in [5, 5.41) is 8.85. The lowest BCUT2D eigenvalue weighted by atomic mass is 10.1. The summed E-state index contributed by atoms with van der Waals surface area (Å²) < 4.78 is 12.6. The molecule has 6 rings (SSSR count). The third-order valence-corrected chi connectivity index (χ3v) is 6.02. The molecule has 36 heavy (non-hydrogen) atoms. The van der Waals surface area contributed by atoms with Gasteiger partial charge in [-0.3, -0.25) is 0 Å². The van der Waals surface area contributed by atoms with E-state index < -0.39 is 0 Å². The lowest BCUT2D eigenvalue weighted by Gasteiger charge is -2.25. The Labute approximate surface area is 207 Å². The molecular weight excluding hydrogens is 456 g/mol. The molecule has 0 spiro atoms. The van der Waals surface area contributed by atoms with Crippen molar-refractivity contribution in [3.05, 3.63) is 73.3 Å². The Kier molecular flexibility index (Phi) is 5.84. The number of methoxy groups -OCH3 is 1. The number of hydrogen-bond acceptors (Lipinski definition) is 9. The molecular formula is C26H24N8O2. The van der Waals surface area contributed by atoms with Gasteiger partial charge < -0.3 is 19.7 Å². The molecule has 0 atom stereocenters. The monoisotopic (exact) mass is 480 g/mol. The third kappa shape index (κ3) is 4.41. The van der Waals surface area contributed by atoms with Crippen LogP contribution in [0.2, 0.25) is 0 Å². The molecule has 5 aromatic rings. The van der Waals surface area contributed by atoms with E-state index in [2.05, 4.69) is 30.3 Å². The van der Waals surface area contributed by atoms with Gasteiger partial charge in [-0.2, -0.15) is 4.98 Å². The van der Waals surface area contributed by atoms with Crippen LogP contribution in [0.4, 0.5) is 17.6 Å². The summed E-state index contributed by atoms with van der Waals surface area (Å²) in [6, 6.07) is 17.8. The maximum absolute atomic E-state index is 5.41. The van der Waals surface area contributed by atoms with Gasteiger partial charge in [-0.15, -0.1) is 5.10 Å². The van der Waals surface area contributed by atoms with Crippen LogP contribution >= 0.6 is 0 Å². The second-order valence-corrected chi connectivity index (χ2v) is 8.29. The van der Waals surface area contributed by atoms with E-state index in [4.69, 9.17) is 14.5 Å². The summed E-state index contributed by atoms with van der Waals surface area (Å²) in [6.45, 7) is 3.00. The van der Waals surface area contributed by atoms with Crippen molar-refractivity contribution in [3.8, 4) is 22.7 Å². The first-order valence-electron chi connectivity index (χ1n) is 11.6. The highest BCUT2D eigenvalue weighted by molar-refractivity contribution is 5.85. The topological polar surface area (TPSA) is 103 Å². The van der Waals surface area contributed by atoms with Gasteiger partial charge in [0.25, 0.3) is 0 Å². The first-order valence-corrected chi connectivity index (χ1v) is 11.6. The van der Waals surface area contributed by atoms with Crippen molar-refractivity contribution >= 4 is 28.5 Å². The molecule has 0 aliphatic carbocycles. The number of nitrogens with zero attached hydrogens (tertiary/aromatic N) is 7. The summed E-state index contributed by atoms with van der Waals surface area (Å²) in [7, 11) is 1.62. The molecule has 1 fully saturated rings. The molecule has 180 valence electrons. The van der Waals surface area contributed by atoms with Crippen molar-refractivity contribution in [1.29, 1.82) is 0 Å². The number of nitrogens with one attached hydrogen (secondary N) is 1. The van der Waals surface area contributed by atoms with Gasteiger partial charge in [0.1, 0.15) is 6.33 Å². The maximum Gasteiger partial charge on any atom is 0.245 e. The largest absolute Gasteiger partial charge is 0.481 e. The van der Waals surface area contributed by atoms with Crippen LogP contribution in [-0.2, 0) is 4.74 Å². The molecule has 4 heterocycles. The molecule has 3 aromatic heterocycles. The highest BCUT2D eigenvalue weighted by atomic mass is 16.5. The number of hydrogen-bond donors (Lipinski definition) is 1. The molecule has 1 aliphatic rings. The van der Waals surface area contributed by atoms with Crippen LogP contribution in [0, 0.1) is 0 Å². The molecule has 0 unspecified atom stereocenters. The number of morpholine rings is 1. The number of rotatable bonds is 6. The predicted molar refractivity (Wildman–Crippen MR) is 137 cm³/mol. The van der Waals surface area contributed by atoms with E-state index in [0.29, 0.717) is 31.0 Å². The van der Waals surface area contributed by atoms with E-state index in [0.717, 1.165) is 46.5 Å². The Balaban J connectivity index is 1.20. The SMILES string of the molecule is COc1ncccc1-c1ccc2cnc(Nc3ccc(-n4cnc(N5CCOCC5)n4)cc3)nc2c1. The van der Waals surface area contributed by atoms with Crippen LogP contribution in [0.25, 0.3) is 27.7 Å². The fourth-order valence-electron chi connectivity index (χ4n) is 4.14. The first kappa shape index (κ1) is 21.9. The molecule has 1 aliphatic heterocycles. The number of benzene rings is 2. The van der Waals surface area contributed by atoms with Gasteiger partial charge in [-0.25, -0.2) is 19.6 Å². The normalized spacial score (nSPS) is 13.6. The van der Waals surface area contributed by atoms with Gasteiger partial charge in [-0.05, 0) is 48.0 Å². The number of fused-ring (bicyclic) bond motifs is 1. The molecule has 0 bridgehead atoms. The highest BCUT2D eigenvalue weighted by Crippen LogP contribution is 2.30. The maximum atomic E-state index is 5.41. The number of aromatic nitrogens is 6. The van der Waals surface area contributed by atoms with Gasteiger partial charge in [-0.1, -0.05) is 12.1 Å². The molecule has 0 radical (unpaired) electrons. The van der Waals surface area contributed by atoms with Crippen LogP contribution in [0.5, 0.6) is 5.88 Å². The zero-order valence-electron chi connectivity index (χ0n) is 19.7. The lowest BCUT2D eigenvalue weighted by Crippen LogP contribution is -2.37. The van der Waals surface area contributed by atoms with Crippen LogP contribution < -0.4 is 15.0 Å². The van der Waals surface area contributed by atoms with E-state index in [-0.39, 0.29) is 0 Å². The van der Waals surface area contributed by atoms with Crippen LogP contribution in [0.15, 0.2) is 73.3 Å². The number of pyridine rings is 1. The second kappa shape index (κ2) is 9.59. The zero-order chi connectivity index (χ0) is 24.3. The Bertz CT molecular complexity index is 1500. The molecule has 2 aromatic carbocycles. The van der Waals surface area contributed by atoms with E-state index in [9.17, 15) is 0 Å². The van der Waals surface area contributed by atoms with Crippen molar-refractivity contribution in [1.82, 2.24) is 29.7 Å². The fraction of sp³-hybridized carbons (Fsp3) is 0.192. The summed E-state index contributed by atoms with van der Waals surface area (Å²) in [5.41, 5.74) is 4.51. The number of anilines is 3. The summed E-state index contributed by atoms with van der Waals surface area (Å²) in [5.74, 6) is 1.81. The van der Waals surface area contributed by atoms with Gasteiger partial charge in [0.2, 0.25) is 17.8 Å². The third-order valence-electron chi connectivity index (χ3n) is 6.02. The Morgan fingerprint density at radius 1 is 0.972 bits per heavy atom. The van der Waals surface area contributed by atoms with Crippen molar-refractivity contribution in [3.63, 3.8) is 0 Å². The lowest BCUT2D eigenvalue weighted by molar-refractivity contribution is 0.122. The fourth-order valence-corrected chi connectivity index (χ4v) is 4.14. The first-order chi connectivity index (χ1) is 17.8. The Hall–Kier alpha value is -4.57. The summed E-state index contributed by atoms with van der Waals surface area (Å²) in [4.78, 5) is 20.1. The van der Waals surface area contributed by atoms with Crippen molar-refractivity contribution in [2.24, 2.45) is 0 Å². The summed E-state index contributed by atoms with van der Waals surface area (Å²) in [6.07, 6.45) is 5.26. The minimum Gasteiger partial charge on any atom is -0.481 e. The van der Waals surface area contributed by atoms with Crippen molar-refractivity contribution in [2.75, 3.05) is 43.6 Å². The molecule has 10 nitrogen and oxygen atoms in total. The Morgan fingerprint density at radius 3 is 2.67 bits per heavy atom. The second-order valence-electron chi connectivity index (χ2n) is 8.29. The molecule has 10 heteroatoms. The van der Waals surface area contributed by atoms with Gasteiger partial charge in [0.15, 0.2) is 0 Å². The molecule has 0 amide bonds. The van der Waals surface area contributed by atoms with Crippen LogP contribution in [0.1, 0.15) is 0 Å². The molecule has 1 saturated heterocycles. The highest BCUT2D eigenvalue weighted by Gasteiger charge is 2.15. The van der Waals surface area contributed by atoms with Crippen molar-refractivity contribution < 1.29 is 9.47 Å². The minimum atomic E-state index is 0.515. The molecule has 0 saturated carbocycles. The average Bonchev–Trinajstić information content (AvgIpc) is 3.44. The quantitative estimate of drug-likeness (QED) is 0.388. The van der Waals surface area contributed by atoms with E-state index in [1.807, 2.05) is 60.8 Å². The average molecular weight is 481 g/mol. The van der Waals surface area contributed by atoms with E-state index in [1.54, 1.807) is 24.3 Å². The zero-order valence-corrected chi connectivity index (χ0v) is 19.7. The van der Waals surface area contributed by atoms with Gasteiger partial charge in [0.05, 0.1) is 31.5 Å². The standard InChI is InChI=1S/C26H24N8O2/c1-35-24-22(3-2-10-27-24)18-4-5-19-16-28-25(31-23(19)15-18)30-20-6-8-21(9-7-20)34-17-29-26(32-34)33-11-13-36-14-12-33/h2-10,15-17H,11-14H2,1H3,(H,28,30,31). The smallest absolute Gasteiger partial charge is 0.245 e. The molecule has 1 N–H and O–H groups in total. The van der Waals surface area contributed by atoms with Gasteiger partial charge >= 0.3 is 0 Å². The summed E-state index contributed by atoms with van der Waals surface area (Å²) >= 11 is 0. The number of ether oxygens (including phenoxy) is 2. The van der Waals surface area contributed by atoms with Crippen LogP contribution in [-0.4, -0.2) is 63.1 Å². The van der Waals surface area contributed by atoms with E-state index >= 15 is 0 Å². The van der Waals surface area contributed by atoms with E-state index in [1.165, 1.54) is 0 Å². The minimum absolute atomic E-state index is 0.515. The Morgan fingerprint density at radius 2 is 1.83 bits per heavy atom. The van der Waals surface area contributed by atoms with Gasteiger partial charge in [0, 0.05) is 42.1 Å². The predicted octanol–water partition coefficient (Wildman–Crippen LogP) is 3.86. The van der Waals surface area contributed by atoms with Crippen molar-refractivity contribution in [2.45, 2.75) is 0 Å². The van der Waals surface area contributed by atoms with Crippen LogP contribution in [0.3, 0.4) is 0 Å².